The summed E-state index contributed by atoms with van der Waals surface area (Å²) in [6, 6.07) is 2.96. The van der Waals surface area contributed by atoms with Crippen molar-refractivity contribution in [3.05, 3.63) is 27.7 Å². The topological polar surface area (TPSA) is 99.6 Å². The maximum Gasteiger partial charge on any atom is 0.340 e. The van der Waals surface area contributed by atoms with Crippen molar-refractivity contribution < 1.29 is 23.8 Å². The number of anilines is 1. The van der Waals surface area contributed by atoms with E-state index in [-0.39, 0.29) is 23.8 Å². The van der Waals surface area contributed by atoms with Gasteiger partial charge in [-0.05, 0) is 0 Å². The number of benzene rings is 1. The van der Waals surface area contributed by atoms with Gasteiger partial charge >= 0.3 is 5.97 Å². The van der Waals surface area contributed by atoms with Gasteiger partial charge < -0.3 is 19.5 Å². The average Bonchev–Trinajstić information content (AvgIpc) is 3.03. The van der Waals surface area contributed by atoms with Crippen molar-refractivity contribution >= 4 is 40.7 Å². The van der Waals surface area contributed by atoms with Crippen molar-refractivity contribution in [1.29, 1.82) is 0 Å². The number of ether oxygens (including phenoxy) is 3. The highest BCUT2D eigenvalue weighted by atomic mass is 35.5. The second-order valence-electron chi connectivity index (χ2n) is 6.53. The van der Waals surface area contributed by atoms with Gasteiger partial charge in [-0.2, -0.15) is 0 Å². The molecule has 10 heteroatoms. The van der Waals surface area contributed by atoms with E-state index in [2.05, 4.69) is 14.9 Å². The molecule has 0 radical (unpaired) electrons. The number of hydrogen-bond acceptors (Lipinski definition) is 8. The molecule has 146 valence electrons. The molecule has 0 saturated carbocycles. The van der Waals surface area contributed by atoms with Gasteiger partial charge in [0, 0.05) is 29.1 Å². The molecule has 1 aromatic carbocycles. The summed E-state index contributed by atoms with van der Waals surface area (Å²) in [6.45, 7) is 5.14. The van der Waals surface area contributed by atoms with Crippen LogP contribution in [0.2, 0.25) is 4.34 Å². The largest absolute Gasteiger partial charge is 0.493 e. The van der Waals surface area contributed by atoms with E-state index in [4.69, 9.17) is 25.8 Å². The molecule has 0 saturated heterocycles. The maximum atomic E-state index is 12.6. The van der Waals surface area contributed by atoms with Crippen LogP contribution in [0.5, 0.6) is 11.5 Å². The van der Waals surface area contributed by atoms with Gasteiger partial charge in [-0.3, -0.25) is 4.79 Å². The first-order chi connectivity index (χ1) is 12.7. The third-order valence-electron chi connectivity index (χ3n) is 3.52. The first-order valence-electron chi connectivity index (χ1n) is 7.88. The number of aromatic nitrogens is 2. The molecule has 1 amide bonds. The lowest BCUT2D eigenvalue weighted by Gasteiger charge is -2.20. The zero-order chi connectivity index (χ0) is 20.2. The van der Waals surface area contributed by atoms with E-state index in [9.17, 15) is 9.59 Å². The Hall–Kier alpha value is -2.39. The highest BCUT2D eigenvalue weighted by Gasteiger charge is 2.25. The lowest BCUT2D eigenvalue weighted by atomic mass is 9.95. The maximum absolute atomic E-state index is 12.6. The Balaban J connectivity index is 2.34. The monoisotopic (exact) mass is 413 g/mol. The zero-order valence-corrected chi connectivity index (χ0v) is 17.2. The first kappa shape index (κ1) is 20.9. The van der Waals surface area contributed by atoms with Gasteiger partial charge in [-0.25, -0.2) is 4.79 Å². The van der Waals surface area contributed by atoms with Crippen LogP contribution in [0.1, 0.15) is 36.8 Å². The number of nitrogens with one attached hydrogen (secondary N) is 1. The fourth-order valence-corrected chi connectivity index (χ4v) is 2.56. The molecule has 2 aromatic rings. The summed E-state index contributed by atoms with van der Waals surface area (Å²) < 4.78 is 19.8. The van der Waals surface area contributed by atoms with E-state index in [1.54, 1.807) is 20.8 Å². The highest BCUT2D eigenvalue weighted by Crippen LogP contribution is 2.34. The Kier molecular flexibility index (Phi) is 6.61. The Morgan fingerprint density at radius 1 is 1.19 bits per heavy atom. The molecule has 1 heterocycles. The van der Waals surface area contributed by atoms with Crippen LogP contribution in [0.4, 0.5) is 5.69 Å². The highest BCUT2D eigenvalue weighted by molar-refractivity contribution is 7.10. The molecule has 0 atom stereocenters. The number of methoxy groups -OCH3 is 2. The summed E-state index contributed by atoms with van der Waals surface area (Å²) in [5, 5.41) is 6.53. The van der Waals surface area contributed by atoms with Gasteiger partial charge in [-0.1, -0.05) is 36.9 Å². The number of carbonyl (C=O) groups excluding carboxylic acids is 2. The molecule has 0 unspecified atom stereocenters. The molecule has 27 heavy (non-hydrogen) atoms. The van der Waals surface area contributed by atoms with Crippen molar-refractivity contribution in [2.75, 3.05) is 19.5 Å². The number of halogens is 1. The van der Waals surface area contributed by atoms with E-state index in [1.165, 1.54) is 26.4 Å². The third-order valence-corrected chi connectivity index (χ3v) is 4.51. The van der Waals surface area contributed by atoms with Crippen LogP contribution in [0.3, 0.4) is 0 Å². The van der Waals surface area contributed by atoms with Gasteiger partial charge in [-0.15, -0.1) is 5.10 Å². The molecule has 0 fully saturated rings. The number of esters is 1. The number of hydrogen-bond donors (Lipinski definition) is 1. The van der Waals surface area contributed by atoms with E-state index >= 15 is 0 Å². The van der Waals surface area contributed by atoms with E-state index in [1.807, 2.05) is 0 Å². The van der Waals surface area contributed by atoms with Crippen LogP contribution >= 0.6 is 23.1 Å². The minimum absolute atomic E-state index is 0.115. The van der Waals surface area contributed by atoms with Crippen LogP contribution in [0, 0.1) is 5.41 Å². The normalized spacial score (nSPS) is 11.0. The lowest BCUT2D eigenvalue weighted by Crippen LogP contribution is -2.28. The van der Waals surface area contributed by atoms with Crippen molar-refractivity contribution in [2.24, 2.45) is 5.41 Å². The Morgan fingerprint density at radius 2 is 1.81 bits per heavy atom. The second-order valence-corrected chi connectivity index (χ2v) is 7.88. The predicted octanol–water partition coefficient (Wildman–Crippen LogP) is 3.55. The Labute approximate surface area is 165 Å². The summed E-state index contributed by atoms with van der Waals surface area (Å²) in [5.41, 5.74) is 0.0640. The molecule has 1 aromatic heterocycles. The molecule has 1 N–H and O–H groups in total. The van der Waals surface area contributed by atoms with Gasteiger partial charge in [0.1, 0.15) is 16.6 Å². The number of rotatable bonds is 6. The minimum Gasteiger partial charge on any atom is -0.493 e. The van der Waals surface area contributed by atoms with Crippen LogP contribution in [-0.2, 0) is 16.1 Å². The van der Waals surface area contributed by atoms with Crippen LogP contribution in [0.15, 0.2) is 12.1 Å². The van der Waals surface area contributed by atoms with E-state index < -0.39 is 11.4 Å². The summed E-state index contributed by atoms with van der Waals surface area (Å²) in [4.78, 5) is 25.0. The summed E-state index contributed by atoms with van der Waals surface area (Å²) in [7, 11) is 2.91. The molecular formula is C17H20ClN3O5S. The van der Waals surface area contributed by atoms with Crippen LogP contribution in [0.25, 0.3) is 0 Å². The fraction of sp³-hybridized carbons (Fsp3) is 0.412. The smallest absolute Gasteiger partial charge is 0.340 e. The van der Waals surface area contributed by atoms with Gasteiger partial charge in [0.2, 0.25) is 5.91 Å². The fourth-order valence-electron chi connectivity index (χ4n) is 1.96. The quantitative estimate of drug-likeness (QED) is 0.722. The number of nitrogens with zero attached hydrogens (tertiary/aromatic N) is 2. The standard InChI is InChI=1S/C17H20ClN3O5S/c1-17(2,3)16(23)19-10-7-13(25-5)12(24-4)6-9(10)15(22)26-8-11-14(18)27-21-20-11/h6-7H,8H2,1-5H3,(H,19,23). The Bertz CT molecular complexity index is 848. The summed E-state index contributed by atoms with van der Waals surface area (Å²) >= 11 is 6.91. The molecule has 0 bridgehead atoms. The number of amides is 1. The zero-order valence-electron chi connectivity index (χ0n) is 15.6. The summed E-state index contributed by atoms with van der Waals surface area (Å²) in [5.74, 6) is -0.253. The molecule has 0 aliphatic rings. The number of carbonyl (C=O) groups is 2. The van der Waals surface area contributed by atoms with Crippen LogP contribution in [-0.4, -0.2) is 35.7 Å². The molecule has 0 aliphatic heterocycles. The molecule has 8 nitrogen and oxygen atoms in total. The predicted molar refractivity (Wildman–Crippen MR) is 102 cm³/mol. The molecule has 0 spiro atoms. The van der Waals surface area contributed by atoms with Crippen molar-refractivity contribution in [2.45, 2.75) is 27.4 Å². The van der Waals surface area contributed by atoms with Crippen molar-refractivity contribution in [1.82, 2.24) is 9.59 Å². The van der Waals surface area contributed by atoms with Crippen molar-refractivity contribution in [3.63, 3.8) is 0 Å². The van der Waals surface area contributed by atoms with Crippen molar-refractivity contribution in [3.8, 4) is 11.5 Å². The first-order valence-corrected chi connectivity index (χ1v) is 9.03. The van der Waals surface area contributed by atoms with Gasteiger partial charge in [0.25, 0.3) is 0 Å². The van der Waals surface area contributed by atoms with Crippen LogP contribution < -0.4 is 14.8 Å². The lowest BCUT2D eigenvalue weighted by molar-refractivity contribution is -0.123. The van der Waals surface area contributed by atoms with E-state index in [0.29, 0.717) is 21.5 Å². The molecular weight excluding hydrogens is 394 g/mol. The Morgan fingerprint density at radius 3 is 2.33 bits per heavy atom. The van der Waals surface area contributed by atoms with Gasteiger partial charge in [0.05, 0.1) is 25.5 Å². The average molecular weight is 414 g/mol. The van der Waals surface area contributed by atoms with Gasteiger partial charge in [0.15, 0.2) is 11.5 Å². The SMILES string of the molecule is COc1cc(NC(=O)C(C)(C)C)c(C(=O)OCc2nnsc2Cl)cc1OC. The third kappa shape index (κ3) is 5.08. The second kappa shape index (κ2) is 8.53. The minimum atomic E-state index is -0.677. The summed E-state index contributed by atoms with van der Waals surface area (Å²) in [6.07, 6.45) is 0. The molecule has 2 rings (SSSR count). The molecule has 0 aliphatic carbocycles. The van der Waals surface area contributed by atoms with E-state index in [0.717, 1.165) is 11.5 Å².